The van der Waals surface area contributed by atoms with Crippen LogP contribution in [0.25, 0.3) is 0 Å². The molecule has 1 saturated carbocycles. The Morgan fingerprint density at radius 3 is 2.47 bits per heavy atom. The number of fused-ring (bicyclic) bond motifs is 1. The first kappa shape index (κ1) is 14.2. The number of carbonyl (C=O) groups is 1. The molecule has 0 aliphatic heterocycles. The molecule has 2 aliphatic carbocycles. The van der Waals surface area contributed by atoms with Crippen LogP contribution in [-0.4, -0.2) is 17.1 Å². The van der Waals surface area contributed by atoms with Crippen molar-refractivity contribution < 1.29 is 24.3 Å². The van der Waals surface area contributed by atoms with Crippen LogP contribution in [0, 0.1) is 23.8 Å². The first-order chi connectivity index (χ1) is 7.25. The molecular formula is C11H13N4OZn-. The smallest absolute Gasteiger partial charge is 0.103 e. The van der Waals surface area contributed by atoms with Gasteiger partial charge in [0.25, 0.3) is 0 Å². The van der Waals surface area contributed by atoms with Gasteiger partial charge in [-0.2, -0.15) is 12.2 Å². The van der Waals surface area contributed by atoms with Crippen molar-refractivity contribution in [2.24, 2.45) is 28.3 Å². The summed E-state index contributed by atoms with van der Waals surface area (Å²) in [4.78, 5) is 11.3. The minimum absolute atomic E-state index is 0. The van der Waals surface area contributed by atoms with Gasteiger partial charge in [0, 0.05) is 37.1 Å². The topological polar surface area (TPSA) is 121 Å². The molecule has 6 heteroatoms. The van der Waals surface area contributed by atoms with Crippen molar-refractivity contribution in [3.63, 3.8) is 0 Å². The van der Waals surface area contributed by atoms with Gasteiger partial charge in [0.15, 0.2) is 0 Å². The molecule has 1 unspecified atom stereocenters. The van der Waals surface area contributed by atoms with E-state index in [4.69, 9.17) is 29.4 Å². The first-order valence-corrected chi connectivity index (χ1v) is 4.76. The van der Waals surface area contributed by atoms with E-state index in [1.807, 2.05) is 0 Å². The molecule has 17 heavy (non-hydrogen) atoms. The predicted molar refractivity (Wildman–Crippen MR) is 59.0 cm³/mol. The van der Waals surface area contributed by atoms with Gasteiger partial charge in [-0.1, -0.05) is 11.5 Å². The average molecular weight is 283 g/mol. The van der Waals surface area contributed by atoms with Crippen LogP contribution >= 0.6 is 0 Å². The van der Waals surface area contributed by atoms with Gasteiger partial charge in [-0.3, -0.25) is 0 Å². The number of carbonyl (C=O) groups excluding carboxylic acids is 1. The van der Waals surface area contributed by atoms with E-state index in [0.717, 1.165) is 0 Å². The number of rotatable bonds is 0. The molecular weight excluding hydrogens is 270 g/mol. The predicted octanol–water partition coefficient (Wildman–Crippen LogP) is -1.90. The molecule has 0 aromatic rings. The molecule has 2 rings (SSSR count). The molecule has 0 aromatic heterocycles. The van der Waals surface area contributed by atoms with Gasteiger partial charge in [0.05, 0.1) is 0 Å². The Kier molecular flexibility index (Phi) is 3.22. The zero-order valence-electron chi connectivity index (χ0n) is 9.36. The Bertz CT molecular complexity index is 472. The van der Waals surface area contributed by atoms with Gasteiger partial charge < -0.3 is 27.7 Å². The van der Waals surface area contributed by atoms with E-state index in [0.29, 0.717) is 5.57 Å². The third kappa shape index (κ3) is 1.72. The zero-order chi connectivity index (χ0) is 12.2. The summed E-state index contributed by atoms with van der Waals surface area (Å²) in [6, 6.07) is 0. The molecule has 1 atom stereocenters. The number of hydrogen-bond donors (Lipinski definition) is 4. The normalized spacial score (nSPS) is 32.2. The Hall–Kier alpha value is -0.827. The fraction of sp³-hybridized carbons (Fsp3) is 0.364. The van der Waals surface area contributed by atoms with Crippen molar-refractivity contribution in [1.29, 1.82) is 0 Å². The summed E-state index contributed by atoms with van der Waals surface area (Å²) in [5.74, 6) is 2.22. The molecule has 86 valence electrons. The summed E-state index contributed by atoms with van der Waals surface area (Å²) in [5, 5.41) is 0. The molecule has 0 aromatic carbocycles. The van der Waals surface area contributed by atoms with Crippen LogP contribution in [0.1, 0.15) is 6.42 Å². The maximum atomic E-state index is 11.3. The Morgan fingerprint density at radius 2 is 1.94 bits per heavy atom. The molecule has 0 heterocycles. The monoisotopic (exact) mass is 281 g/mol. The summed E-state index contributed by atoms with van der Waals surface area (Å²) < 4.78 is 0. The van der Waals surface area contributed by atoms with Crippen molar-refractivity contribution in [1.82, 2.24) is 0 Å². The molecule has 0 spiro atoms. The molecule has 2 aliphatic rings. The van der Waals surface area contributed by atoms with Crippen LogP contribution in [0.5, 0.6) is 0 Å². The van der Waals surface area contributed by atoms with Gasteiger partial charge in [0.2, 0.25) is 0 Å². The van der Waals surface area contributed by atoms with Crippen LogP contribution in [0.3, 0.4) is 0 Å². The standard InChI is InChI=1S/C11H13N4O.Zn/c1-2-9-4-3-7(16)5-8(9)11(14,15)10(12,13)6-9;/h1,4-5H,6,12-15H2;/q-1;. The molecule has 8 N–H and O–H groups in total. The Labute approximate surface area is 112 Å². The number of nitrogens with two attached hydrogens (primary N) is 4. The van der Waals surface area contributed by atoms with Gasteiger partial charge in [-0.05, 0) is 0 Å². The summed E-state index contributed by atoms with van der Waals surface area (Å²) >= 11 is 0. The third-order valence-electron chi connectivity index (χ3n) is 3.26. The number of terminal acetylenes is 1. The van der Waals surface area contributed by atoms with Crippen molar-refractivity contribution >= 4 is 5.78 Å². The van der Waals surface area contributed by atoms with Gasteiger partial charge >= 0.3 is 0 Å². The second kappa shape index (κ2) is 3.84. The SMILES string of the molecule is C#CC12C=[C-]C(=O)C=C1C(N)(N)C(N)(N)C2.[Zn]. The third-order valence-corrected chi connectivity index (χ3v) is 3.26. The van der Waals surface area contributed by atoms with Crippen LogP contribution in [0.2, 0.25) is 0 Å². The summed E-state index contributed by atoms with van der Waals surface area (Å²) in [7, 11) is 0. The van der Waals surface area contributed by atoms with Crippen molar-refractivity contribution in [2.75, 3.05) is 0 Å². The van der Waals surface area contributed by atoms with Crippen molar-refractivity contribution in [3.05, 3.63) is 23.8 Å². The van der Waals surface area contributed by atoms with Gasteiger partial charge in [-0.25, -0.2) is 6.08 Å². The average Bonchev–Trinajstić information content (AvgIpc) is 2.34. The van der Waals surface area contributed by atoms with Crippen molar-refractivity contribution in [3.8, 4) is 12.3 Å². The van der Waals surface area contributed by atoms with Crippen LogP contribution in [0.4, 0.5) is 0 Å². The number of hydrogen-bond acceptors (Lipinski definition) is 5. The van der Waals surface area contributed by atoms with E-state index < -0.39 is 16.7 Å². The van der Waals surface area contributed by atoms with E-state index >= 15 is 0 Å². The van der Waals surface area contributed by atoms with Gasteiger partial charge in [-0.15, -0.1) is 6.42 Å². The first-order valence-electron chi connectivity index (χ1n) is 4.76. The maximum Gasteiger partial charge on any atom is 0.103 e. The van der Waals surface area contributed by atoms with Gasteiger partial charge in [0.1, 0.15) is 11.3 Å². The Balaban J connectivity index is 0.00000144. The van der Waals surface area contributed by atoms with E-state index in [1.165, 1.54) is 12.2 Å². The van der Waals surface area contributed by atoms with E-state index in [9.17, 15) is 4.79 Å². The largest absolute Gasteiger partial charge is 0.333 e. The Morgan fingerprint density at radius 1 is 1.35 bits per heavy atom. The minimum Gasteiger partial charge on any atom is -0.333 e. The molecule has 0 amide bonds. The van der Waals surface area contributed by atoms with Crippen LogP contribution < -0.4 is 22.9 Å². The minimum atomic E-state index is -1.49. The summed E-state index contributed by atoms with van der Waals surface area (Å²) in [5.41, 5.74) is 20.2. The molecule has 0 saturated heterocycles. The van der Waals surface area contributed by atoms with E-state index in [1.54, 1.807) is 0 Å². The van der Waals surface area contributed by atoms with Crippen LogP contribution in [0.15, 0.2) is 17.7 Å². The zero-order valence-corrected chi connectivity index (χ0v) is 12.3. The van der Waals surface area contributed by atoms with E-state index in [-0.39, 0.29) is 31.7 Å². The fourth-order valence-corrected chi connectivity index (χ4v) is 2.24. The molecule has 1 fully saturated rings. The molecule has 0 radical (unpaired) electrons. The maximum absolute atomic E-state index is 11.3. The fourth-order valence-electron chi connectivity index (χ4n) is 2.24. The second-order valence-electron chi connectivity index (χ2n) is 4.41. The summed E-state index contributed by atoms with van der Waals surface area (Å²) in [6.45, 7) is 0. The molecule has 0 bridgehead atoms. The molecule has 5 nitrogen and oxygen atoms in total. The summed E-state index contributed by atoms with van der Waals surface area (Å²) in [6.07, 6.45) is 10.9. The quantitative estimate of drug-likeness (QED) is 0.179. The number of allylic oxidation sites excluding steroid dienone is 3. The number of ketones is 1. The van der Waals surface area contributed by atoms with Crippen LogP contribution in [-0.2, 0) is 24.3 Å². The second-order valence-corrected chi connectivity index (χ2v) is 4.41. The van der Waals surface area contributed by atoms with Crippen molar-refractivity contribution in [2.45, 2.75) is 17.7 Å². The van der Waals surface area contributed by atoms with E-state index in [2.05, 4.69) is 12.0 Å².